The van der Waals surface area contributed by atoms with Gasteiger partial charge < -0.3 is 4.90 Å². The van der Waals surface area contributed by atoms with Crippen LogP contribution in [0.15, 0.2) is 24.3 Å². The molecule has 0 bridgehead atoms. The lowest BCUT2D eigenvalue weighted by Gasteiger charge is -2.21. The molecule has 0 aromatic heterocycles. The Morgan fingerprint density at radius 2 is 1.62 bits per heavy atom. The molecule has 0 saturated carbocycles. The van der Waals surface area contributed by atoms with Crippen LogP contribution in [0, 0.1) is 0 Å². The molecule has 1 aliphatic rings. The third-order valence-electron chi connectivity index (χ3n) is 5.33. The summed E-state index contributed by atoms with van der Waals surface area (Å²) in [5.74, 6) is 0.207. The van der Waals surface area contributed by atoms with Gasteiger partial charge in [0.05, 0.1) is 0 Å². The van der Waals surface area contributed by atoms with Gasteiger partial charge in [-0.25, -0.2) is 0 Å². The summed E-state index contributed by atoms with van der Waals surface area (Å²) in [5, 5.41) is 0. The van der Waals surface area contributed by atoms with E-state index in [0.29, 0.717) is 6.04 Å². The topological polar surface area (TPSA) is 20.3 Å². The Hall–Kier alpha value is -1.31. The van der Waals surface area contributed by atoms with E-state index in [0.717, 1.165) is 31.4 Å². The minimum atomic E-state index is 0.207. The van der Waals surface area contributed by atoms with Crippen molar-refractivity contribution in [2.45, 2.75) is 90.5 Å². The van der Waals surface area contributed by atoms with Crippen molar-refractivity contribution in [1.82, 2.24) is 4.90 Å². The van der Waals surface area contributed by atoms with Crippen molar-refractivity contribution < 1.29 is 4.79 Å². The van der Waals surface area contributed by atoms with Crippen LogP contribution in [0.2, 0.25) is 0 Å². The number of aryl methyl sites for hydroxylation is 1. The molecule has 0 N–H and O–H groups in total. The predicted molar refractivity (Wildman–Crippen MR) is 102 cm³/mol. The van der Waals surface area contributed by atoms with Crippen molar-refractivity contribution in [3.05, 3.63) is 35.4 Å². The molecule has 0 spiro atoms. The maximum Gasteiger partial charge on any atom is 0.254 e. The first-order chi connectivity index (χ1) is 11.7. The molecule has 1 atom stereocenters. The van der Waals surface area contributed by atoms with Crippen molar-refractivity contribution in [2.24, 2.45) is 0 Å². The SMILES string of the molecule is CCCCCCCCCCc1ccc(C(=O)N2CCC[C@H]2C)cc1. The lowest BCUT2D eigenvalue weighted by molar-refractivity contribution is 0.0747. The molecular formula is C22H35NO. The smallest absolute Gasteiger partial charge is 0.254 e. The van der Waals surface area contributed by atoms with Gasteiger partial charge >= 0.3 is 0 Å². The van der Waals surface area contributed by atoms with Gasteiger partial charge in [-0.15, -0.1) is 0 Å². The average Bonchev–Trinajstić information content (AvgIpc) is 3.03. The Labute approximate surface area is 148 Å². The Morgan fingerprint density at radius 1 is 1.00 bits per heavy atom. The zero-order chi connectivity index (χ0) is 17.2. The van der Waals surface area contributed by atoms with Crippen molar-refractivity contribution in [3.63, 3.8) is 0 Å². The van der Waals surface area contributed by atoms with Crippen LogP contribution in [0.3, 0.4) is 0 Å². The van der Waals surface area contributed by atoms with E-state index in [2.05, 4.69) is 26.0 Å². The zero-order valence-electron chi connectivity index (χ0n) is 15.7. The zero-order valence-corrected chi connectivity index (χ0v) is 15.7. The van der Waals surface area contributed by atoms with Crippen LogP contribution in [-0.4, -0.2) is 23.4 Å². The van der Waals surface area contributed by atoms with E-state index in [9.17, 15) is 4.79 Å². The monoisotopic (exact) mass is 329 g/mol. The predicted octanol–water partition coefficient (Wildman–Crippen LogP) is 5.99. The highest BCUT2D eigenvalue weighted by Crippen LogP contribution is 2.20. The molecule has 1 amide bonds. The molecule has 2 rings (SSSR count). The molecule has 1 fully saturated rings. The Balaban J connectivity index is 1.66. The first-order valence-electron chi connectivity index (χ1n) is 10.1. The second-order valence-electron chi connectivity index (χ2n) is 7.41. The molecule has 24 heavy (non-hydrogen) atoms. The molecule has 2 heteroatoms. The highest BCUT2D eigenvalue weighted by Gasteiger charge is 2.25. The van der Waals surface area contributed by atoms with Gasteiger partial charge in [0.15, 0.2) is 0 Å². The van der Waals surface area contributed by atoms with E-state index in [-0.39, 0.29) is 5.91 Å². The van der Waals surface area contributed by atoms with Crippen LogP contribution in [0.25, 0.3) is 0 Å². The standard InChI is InChI=1S/C22H35NO/c1-3-4-5-6-7-8-9-10-13-20-14-16-21(17-15-20)22(24)23-18-11-12-19(23)2/h14-17,19H,3-13,18H2,1-2H3/t19-/m1/s1. The molecule has 0 unspecified atom stereocenters. The van der Waals surface area contributed by atoms with Gasteiger partial charge in [-0.1, -0.05) is 64.0 Å². The third-order valence-corrected chi connectivity index (χ3v) is 5.33. The van der Waals surface area contributed by atoms with Crippen molar-refractivity contribution in [2.75, 3.05) is 6.54 Å². The maximum absolute atomic E-state index is 12.5. The first-order valence-corrected chi connectivity index (χ1v) is 10.1. The van der Waals surface area contributed by atoms with Gasteiger partial charge in [0.1, 0.15) is 0 Å². The fourth-order valence-corrected chi connectivity index (χ4v) is 3.68. The van der Waals surface area contributed by atoms with Gasteiger partial charge in [-0.05, 0) is 50.3 Å². The number of hydrogen-bond acceptors (Lipinski definition) is 1. The summed E-state index contributed by atoms with van der Waals surface area (Å²) in [6.45, 7) is 5.34. The largest absolute Gasteiger partial charge is 0.336 e. The van der Waals surface area contributed by atoms with Crippen LogP contribution in [0.1, 0.15) is 94.0 Å². The molecule has 0 radical (unpaired) electrons. The average molecular weight is 330 g/mol. The molecule has 1 aromatic rings. The molecule has 2 nitrogen and oxygen atoms in total. The number of carbonyl (C=O) groups is 1. The van der Waals surface area contributed by atoms with Crippen LogP contribution < -0.4 is 0 Å². The lowest BCUT2D eigenvalue weighted by atomic mass is 10.0. The molecular weight excluding hydrogens is 294 g/mol. The molecule has 1 aromatic carbocycles. The van der Waals surface area contributed by atoms with Crippen LogP contribution in [0.5, 0.6) is 0 Å². The molecule has 134 valence electrons. The molecule has 1 heterocycles. The minimum Gasteiger partial charge on any atom is -0.336 e. The van der Waals surface area contributed by atoms with Gasteiger partial charge in [-0.2, -0.15) is 0 Å². The number of carbonyl (C=O) groups excluding carboxylic acids is 1. The van der Waals surface area contributed by atoms with Crippen LogP contribution >= 0.6 is 0 Å². The summed E-state index contributed by atoms with van der Waals surface area (Å²) < 4.78 is 0. The summed E-state index contributed by atoms with van der Waals surface area (Å²) in [4.78, 5) is 14.5. The van der Waals surface area contributed by atoms with Crippen LogP contribution in [-0.2, 0) is 6.42 Å². The van der Waals surface area contributed by atoms with Gasteiger partial charge in [-0.3, -0.25) is 4.79 Å². The van der Waals surface area contributed by atoms with Gasteiger partial charge in [0.25, 0.3) is 5.91 Å². The Morgan fingerprint density at radius 3 is 2.21 bits per heavy atom. The fraction of sp³-hybridized carbons (Fsp3) is 0.682. The summed E-state index contributed by atoms with van der Waals surface area (Å²) in [6, 6.07) is 8.74. The number of rotatable bonds is 10. The van der Waals surface area contributed by atoms with E-state index >= 15 is 0 Å². The molecule has 1 aliphatic heterocycles. The number of unbranched alkanes of at least 4 members (excludes halogenated alkanes) is 7. The van der Waals surface area contributed by atoms with Crippen LogP contribution in [0.4, 0.5) is 0 Å². The van der Waals surface area contributed by atoms with Gasteiger partial charge in [0.2, 0.25) is 0 Å². The Bertz CT molecular complexity index is 479. The van der Waals surface area contributed by atoms with Crippen molar-refractivity contribution in [3.8, 4) is 0 Å². The fourth-order valence-electron chi connectivity index (χ4n) is 3.68. The van der Waals surface area contributed by atoms with Gasteiger partial charge in [0, 0.05) is 18.2 Å². The molecule has 1 saturated heterocycles. The quantitative estimate of drug-likeness (QED) is 0.482. The van der Waals surface area contributed by atoms with E-state index in [4.69, 9.17) is 0 Å². The van der Waals surface area contributed by atoms with Crippen molar-refractivity contribution in [1.29, 1.82) is 0 Å². The summed E-state index contributed by atoms with van der Waals surface area (Å²) in [7, 11) is 0. The number of benzene rings is 1. The number of likely N-dealkylation sites (tertiary alicyclic amines) is 1. The highest BCUT2D eigenvalue weighted by molar-refractivity contribution is 5.94. The second-order valence-corrected chi connectivity index (χ2v) is 7.41. The third kappa shape index (κ3) is 5.96. The summed E-state index contributed by atoms with van der Waals surface area (Å²) >= 11 is 0. The van der Waals surface area contributed by atoms with E-state index < -0.39 is 0 Å². The summed E-state index contributed by atoms with van der Waals surface area (Å²) in [6.07, 6.45) is 14.3. The lowest BCUT2D eigenvalue weighted by Crippen LogP contribution is -2.33. The normalized spacial score (nSPS) is 17.4. The number of nitrogens with zero attached hydrogens (tertiary/aromatic N) is 1. The highest BCUT2D eigenvalue weighted by atomic mass is 16.2. The second kappa shape index (κ2) is 10.5. The minimum absolute atomic E-state index is 0.207. The molecule has 0 aliphatic carbocycles. The van der Waals surface area contributed by atoms with E-state index in [1.54, 1.807) is 0 Å². The van der Waals surface area contributed by atoms with Crippen molar-refractivity contribution >= 4 is 5.91 Å². The number of amides is 1. The summed E-state index contributed by atoms with van der Waals surface area (Å²) in [5.41, 5.74) is 2.22. The first kappa shape index (κ1) is 19.0. The van der Waals surface area contributed by atoms with E-state index in [1.807, 2.05) is 17.0 Å². The number of hydrogen-bond donors (Lipinski definition) is 0. The maximum atomic E-state index is 12.5. The Kier molecular flexibility index (Phi) is 8.35. The van der Waals surface area contributed by atoms with E-state index in [1.165, 1.54) is 56.9 Å².